The van der Waals surface area contributed by atoms with E-state index in [0.717, 1.165) is 38.2 Å². The summed E-state index contributed by atoms with van der Waals surface area (Å²) in [4.78, 5) is 0. The average Bonchev–Trinajstić information content (AvgIpc) is 3.04. The third kappa shape index (κ3) is 2.90. The molecule has 1 unspecified atom stereocenters. The van der Waals surface area contributed by atoms with Crippen molar-refractivity contribution < 1.29 is 4.57 Å². The molecular weight excluding hydrogens is 383 g/mol. The molecule has 1 atom stereocenters. The molecule has 5 rings (SSSR count). The molecule has 1 heterocycles. The van der Waals surface area contributed by atoms with Gasteiger partial charge in [-0.25, -0.2) is 0 Å². The Bertz CT molecular complexity index is 1300. The van der Waals surface area contributed by atoms with Gasteiger partial charge in [0.05, 0.1) is 0 Å². The van der Waals surface area contributed by atoms with Crippen molar-refractivity contribution in [1.82, 2.24) is 0 Å². The van der Waals surface area contributed by atoms with Crippen molar-refractivity contribution in [2.75, 3.05) is 0 Å². The highest BCUT2D eigenvalue weighted by Crippen LogP contribution is 2.65. The minimum atomic E-state index is -3.03. The SMILES string of the molecule is Cc1ccc(P2(=O)C(c3ccccc3)=C(c3ccccc3)c3cc(C)ccc32)cc1. The summed E-state index contributed by atoms with van der Waals surface area (Å²) in [7, 11) is -3.03. The average molecular weight is 406 g/mol. The zero-order valence-electron chi connectivity index (χ0n) is 17.2. The zero-order valence-corrected chi connectivity index (χ0v) is 18.1. The maximum atomic E-state index is 15.1. The quantitative estimate of drug-likeness (QED) is 0.353. The van der Waals surface area contributed by atoms with Crippen LogP contribution in [0.25, 0.3) is 10.9 Å². The second kappa shape index (κ2) is 7.27. The molecule has 1 aliphatic rings. The normalized spacial score (nSPS) is 17.8. The lowest BCUT2D eigenvalue weighted by atomic mass is 9.95. The first-order chi connectivity index (χ1) is 14.6. The summed E-state index contributed by atoms with van der Waals surface area (Å²) in [5, 5.41) is 2.77. The molecule has 4 aromatic rings. The number of hydrogen-bond donors (Lipinski definition) is 0. The van der Waals surface area contributed by atoms with Crippen molar-refractivity contribution in [3.05, 3.63) is 131 Å². The van der Waals surface area contributed by atoms with Gasteiger partial charge < -0.3 is 4.57 Å². The van der Waals surface area contributed by atoms with Gasteiger partial charge in [0.2, 0.25) is 0 Å². The van der Waals surface area contributed by atoms with Crippen molar-refractivity contribution in [2.45, 2.75) is 13.8 Å². The summed E-state index contributed by atoms with van der Waals surface area (Å²) in [6.45, 7) is 4.16. The zero-order chi connectivity index (χ0) is 20.7. The summed E-state index contributed by atoms with van der Waals surface area (Å²) in [6, 6.07) is 35.1. The standard InChI is InChI=1S/C28H23OP/c1-20-13-16-24(17-14-20)30(29)26-18-15-21(2)19-25(26)27(22-9-5-3-6-10-22)28(30)23-11-7-4-8-12-23/h3-19H,1-2H3. The number of benzene rings is 4. The van der Waals surface area contributed by atoms with Crippen LogP contribution >= 0.6 is 7.14 Å². The van der Waals surface area contributed by atoms with E-state index >= 15 is 4.57 Å². The van der Waals surface area contributed by atoms with Crippen molar-refractivity contribution >= 4 is 28.6 Å². The highest BCUT2D eigenvalue weighted by Gasteiger charge is 2.43. The van der Waals surface area contributed by atoms with Crippen LogP contribution in [0, 0.1) is 13.8 Å². The van der Waals surface area contributed by atoms with Gasteiger partial charge in [-0.15, -0.1) is 0 Å². The first kappa shape index (κ1) is 18.9. The van der Waals surface area contributed by atoms with Gasteiger partial charge in [-0.2, -0.15) is 0 Å². The van der Waals surface area contributed by atoms with E-state index in [-0.39, 0.29) is 0 Å². The molecule has 0 amide bonds. The Labute approximate surface area is 178 Å². The summed E-state index contributed by atoms with van der Waals surface area (Å²) in [6.07, 6.45) is 0. The Morgan fingerprint density at radius 1 is 0.600 bits per heavy atom. The predicted octanol–water partition coefficient (Wildman–Crippen LogP) is 6.55. The van der Waals surface area contributed by atoms with Gasteiger partial charge in [0, 0.05) is 21.5 Å². The molecule has 1 aliphatic heterocycles. The molecule has 0 N–H and O–H groups in total. The van der Waals surface area contributed by atoms with Crippen LogP contribution in [0.15, 0.2) is 103 Å². The van der Waals surface area contributed by atoms with Crippen LogP contribution < -0.4 is 10.6 Å². The van der Waals surface area contributed by atoms with E-state index in [1.54, 1.807) is 0 Å². The van der Waals surface area contributed by atoms with Crippen LogP contribution in [-0.4, -0.2) is 0 Å². The molecule has 0 radical (unpaired) electrons. The molecule has 0 aliphatic carbocycles. The molecule has 1 nitrogen and oxygen atoms in total. The topological polar surface area (TPSA) is 17.1 Å². The molecule has 0 fully saturated rings. The smallest absolute Gasteiger partial charge is 0.172 e. The van der Waals surface area contributed by atoms with Crippen molar-refractivity contribution in [1.29, 1.82) is 0 Å². The van der Waals surface area contributed by atoms with E-state index < -0.39 is 7.14 Å². The van der Waals surface area contributed by atoms with Gasteiger partial charge in [0.25, 0.3) is 0 Å². The van der Waals surface area contributed by atoms with E-state index in [1.165, 1.54) is 11.1 Å². The minimum Gasteiger partial charge on any atom is -0.309 e. The Hall–Kier alpha value is -3.15. The third-order valence-electron chi connectivity index (χ3n) is 5.82. The largest absolute Gasteiger partial charge is 0.309 e. The van der Waals surface area contributed by atoms with Crippen LogP contribution in [0.2, 0.25) is 0 Å². The lowest BCUT2D eigenvalue weighted by Gasteiger charge is -2.20. The summed E-state index contributed by atoms with van der Waals surface area (Å²) in [5.41, 5.74) is 6.64. The van der Waals surface area contributed by atoms with Gasteiger partial charge in [-0.05, 0) is 36.6 Å². The highest BCUT2D eigenvalue weighted by molar-refractivity contribution is 7.88. The van der Waals surface area contributed by atoms with E-state index in [2.05, 4.69) is 80.6 Å². The fourth-order valence-electron chi connectivity index (χ4n) is 4.37. The lowest BCUT2D eigenvalue weighted by Crippen LogP contribution is -2.15. The molecule has 0 aromatic heterocycles. The van der Waals surface area contributed by atoms with Gasteiger partial charge >= 0.3 is 0 Å². The fraction of sp³-hybridized carbons (Fsp3) is 0.0714. The van der Waals surface area contributed by atoms with Crippen LogP contribution in [0.3, 0.4) is 0 Å². The number of aryl methyl sites for hydroxylation is 2. The molecule has 0 bridgehead atoms. The molecule has 0 saturated carbocycles. The van der Waals surface area contributed by atoms with Crippen LogP contribution in [0.4, 0.5) is 0 Å². The highest BCUT2D eigenvalue weighted by atomic mass is 31.2. The van der Waals surface area contributed by atoms with E-state index in [4.69, 9.17) is 0 Å². The van der Waals surface area contributed by atoms with E-state index in [0.29, 0.717) is 0 Å². The molecule has 4 aromatic carbocycles. The summed E-state index contributed by atoms with van der Waals surface area (Å²) < 4.78 is 15.1. The molecule has 146 valence electrons. The van der Waals surface area contributed by atoms with Gasteiger partial charge in [0.1, 0.15) is 0 Å². The lowest BCUT2D eigenvalue weighted by molar-refractivity contribution is 0.593. The first-order valence-electron chi connectivity index (χ1n) is 10.2. The summed E-state index contributed by atoms with van der Waals surface area (Å²) in [5.74, 6) is 0. The monoisotopic (exact) mass is 406 g/mol. The van der Waals surface area contributed by atoms with Crippen LogP contribution in [0.5, 0.6) is 0 Å². The Morgan fingerprint density at radius 3 is 1.80 bits per heavy atom. The van der Waals surface area contributed by atoms with Gasteiger partial charge in [0.15, 0.2) is 7.14 Å². The molecule has 2 heteroatoms. The molecule has 0 saturated heterocycles. The molecular formula is C28H23OP. The van der Waals surface area contributed by atoms with Crippen LogP contribution in [0.1, 0.15) is 27.8 Å². The van der Waals surface area contributed by atoms with Crippen molar-refractivity contribution in [3.63, 3.8) is 0 Å². The number of hydrogen-bond acceptors (Lipinski definition) is 1. The second-order valence-electron chi connectivity index (χ2n) is 7.92. The van der Waals surface area contributed by atoms with Gasteiger partial charge in [-0.3, -0.25) is 0 Å². The third-order valence-corrected chi connectivity index (χ3v) is 9.03. The van der Waals surface area contributed by atoms with Crippen LogP contribution in [-0.2, 0) is 4.57 Å². The van der Waals surface area contributed by atoms with Gasteiger partial charge in [-0.1, -0.05) is 108 Å². The molecule has 30 heavy (non-hydrogen) atoms. The second-order valence-corrected chi connectivity index (χ2v) is 10.6. The Kier molecular flexibility index (Phi) is 4.57. The number of rotatable bonds is 3. The minimum absolute atomic E-state index is 0.892. The first-order valence-corrected chi connectivity index (χ1v) is 11.9. The Balaban J connectivity index is 1.93. The predicted molar refractivity (Wildman–Crippen MR) is 128 cm³/mol. The van der Waals surface area contributed by atoms with Crippen molar-refractivity contribution in [3.8, 4) is 0 Å². The fourth-order valence-corrected chi connectivity index (χ4v) is 7.60. The maximum Gasteiger partial charge on any atom is 0.172 e. The maximum absolute atomic E-state index is 15.1. The summed E-state index contributed by atoms with van der Waals surface area (Å²) >= 11 is 0. The molecule has 0 spiro atoms. The van der Waals surface area contributed by atoms with E-state index in [1.807, 2.05) is 36.4 Å². The number of fused-ring (bicyclic) bond motifs is 1. The Morgan fingerprint density at radius 2 is 1.17 bits per heavy atom. The van der Waals surface area contributed by atoms with Crippen molar-refractivity contribution in [2.24, 2.45) is 0 Å². The van der Waals surface area contributed by atoms with E-state index in [9.17, 15) is 0 Å².